The fraction of sp³-hybridized carbons (Fsp3) is 0.769. The highest BCUT2D eigenvalue weighted by atomic mass is 16.6. The van der Waals surface area contributed by atoms with Crippen LogP contribution in [-0.2, 0) is 38.1 Å². The maximum absolute atomic E-state index is 13.3. The van der Waals surface area contributed by atoms with Gasteiger partial charge in [0.05, 0.1) is 12.7 Å². The van der Waals surface area contributed by atoms with Gasteiger partial charge in [0.2, 0.25) is 0 Å². The van der Waals surface area contributed by atoms with Crippen LogP contribution < -0.4 is 0 Å². The van der Waals surface area contributed by atoms with Crippen molar-refractivity contribution in [1.29, 1.82) is 0 Å². The molecule has 4 rings (SSSR count). The Labute approximate surface area is 205 Å². The number of ether oxygens (including phenoxy) is 4. The number of ketones is 1. The summed E-state index contributed by atoms with van der Waals surface area (Å²) < 4.78 is 23.8. The Balaban J connectivity index is 2.06. The number of epoxide rings is 1. The Kier molecular flexibility index (Phi) is 6.20. The molecule has 194 valence electrons. The number of fused-ring (bicyclic) bond motifs is 4. The van der Waals surface area contributed by atoms with E-state index >= 15 is 0 Å². The molecule has 0 unspecified atom stereocenters. The van der Waals surface area contributed by atoms with Crippen molar-refractivity contribution in [2.75, 3.05) is 6.61 Å². The zero-order chi connectivity index (χ0) is 26.1. The summed E-state index contributed by atoms with van der Waals surface area (Å²) in [6.45, 7) is 11.6. The maximum atomic E-state index is 13.3. The second kappa shape index (κ2) is 8.40. The van der Waals surface area contributed by atoms with Crippen LogP contribution >= 0.6 is 0 Å². The number of aliphatic hydroxyl groups excluding tert-OH is 1. The maximum Gasteiger partial charge on any atom is 0.303 e. The molecule has 9 heteroatoms. The molecule has 0 radical (unpaired) electrons. The monoisotopic (exact) mass is 492 g/mol. The molecule has 3 fully saturated rings. The third-order valence-corrected chi connectivity index (χ3v) is 8.91. The summed E-state index contributed by atoms with van der Waals surface area (Å²) in [5.41, 5.74) is -1.64. The molecular weight excluding hydrogens is 456 g/mol. The van der Waals surface area contributed by atoms with E-state index in [-0.39, 0.29) is 18.8 Å². The SMILES string of the molecule is CC(=O)O[C@@H]1[C@@H]2CC(=O)C(C)=C([C@@H](OC(C)=O)[C@H](OC(C)=O)[C@]3(C)CC[C@H](O)[C@]4(CO4)[C@@H]13)C2(C)C. The van der Waals surface area contributed by atoms with Crippen molar-refractivity contribution in [3.8, 4) is 0 Å². The quantitative estimate of drug-likeness (QED) is 0.358. The molecule has 0 aromatic heterocycles. The minimum atomic E-state index is -1.02. The zero-order valence-electron chi connectivity index (χ0n) is 21.5. The topological polar surface area (TPSA) is 129 Å². The molecule has 4 aliphatic rings. The predicted molar refractivity (Wildman–Crippen MR) is 122 cm³/mol. The fourth-order valence-corrected chi connectivity index (χ4v) is 7.33. The van der Waals surface area contributed by atoms with Gasteiger partial charge in [-0.3, -0.25) is 19.2 Å². The van der Waals surface area contributed by atoms with Gasteiger partial charge in [-0.1, -0.05) is 20.8 Å². The van der Waals surface area contributed by atoms with Crippen molar-refractivity contribution in [3.63, 3.8) is 0 Å². The smallest absolute Gasteiger partial charge is 0.303 e. The van der Waals surface area contributed by atoms with E-state index in [2.05, 4.69) is 0 Å². The highest BCUT2D eigenvalue weighted by Gasteiger charge is 2.73. The van der Waals surface area contributed by atoms with Crippen LogP contribution in [0.25, 0.3) is 0 Å². The van der Waals surface area contributed by atoms with Crippen LogP contribution in [0, 0.1) is 22.7 Å². The molecule has 0 aromatic carbocycles. The number of esters is 3. The minimum Gasteiger partial charge on any atom is -0.462 e. The third kappa shape index (κ3) is 3.91. The molecule has 1 spiro atoms. The van der Waals surface area contributed by atoms with E-state index in [4.69, 9.17) is 18.9 Å². The number of carbonyl (C=O) groups is 4. The van der Waals surface area contributed by atoms with Gasteiger partial charge in [-0.2, -0.15) is 0 Å². The number of Topliss-reactive ketones (excluding diaryl/α,β-unsaturated/α-hetero) is 1. The van der Waals surface area contributed by atoms with E-state index in [0.717, 1.165) is 0 Å². The van der Waals surface area contributed by atoms with Gasteiger partial charge in [-0.15, -0.1) is 0 Å². The van der Waals surface area contributed by atoms with E-state index in [1.807, 2.05) is 20.8 Å². The molecule has 35 heavy (non-hydrogen) atoms. The number of rotatable bonds is 3. The Morgan fingerprint density at radius 2 is 1.57 bits per heavy atom. The van der Waals surface area contributed by atoms with Gasteiger partial charge in [-0.05, 0) is 36.3 Å². The van der Waals surface area contributed by atoms with Gasteiger partial charge in [0.25, 0.3) is 0 Å². The summed E-state index contributed by atoms with van der Waals surface area (Å²) in [6.07, 6.45) is -2.72. The van der Waals surface area contributed by atoms with Gasteiger partial charge in [0, 0.05) is 44.4 Å². The van der Waals surface area contributed by atoms with Crippen LogP contribution in [0.4, 0.5) is 0 Å². The summed E-state index contributed by atoms with van der Waals surface area (Å²) in [7, 11) is 0. The normalized spacial score (nSPS) is 41.9. The lowest BCUT2D eigenvalue weighted by Gasteiger charge is -2.60. The summed E-state index contributed by atoms with van der Waals surface area (Å²) in [6, 6.07) is 0. The van der Waals surface area contributed by atoms with Crippen molar-refractivity contribution in [1.82, 2.24) is 0 Å². The van der Waals surface area contributed by atoms with Crippen molar-refractivity contribution in [3.05, 3.63) is 11.1 Å². The highest BCUT2D eigenvalue weighted by molar-refractivity contribution is 5.97. The fourth-order valence-electron chi connectivity index (χ4n) is 7.33. The van der Waals surface area contributed by atoms with E-state index < -0.39 is 70.6 Å². The molecule has 0 aromatic rings. The van der Waals surface area contributed by atoms with Gasteiger partial charge in [0.1, 0.15) is 17.8 Å². The Bertz CT molecular complexity index is 991. The zero-order valence-corrected chi connectivity index (χ0v) is 21.5. The predicted octanol–water partition coefficient (Wildman–Crippen LogP) is 2.27. The van der Waals surface area contributed by atoms with Crippen LogP contribution in [0.2, 0.25) is 0 Å². The lowest BCUT2D eigenvalue weighted by Crippen LogP contribution is -2.68. The molecule has 1 aliphatic heterocycles. The Hall–Kier alpha value is -2.26. The largest absolute Gasteiger partial charge is 0.462 e. The summed E-state index contributed by atoms with van der Waals surface area (Å²) >= 11 is 0. The van der Waals surface area contributed by atoms with Crippen LogP contribution in [0.5, 0.6) is 0 Å². The van der Waals surface area contributed by atoms with Gasteiger partial charge in [-0.25, -0.2) is 0 Å². The van der Waals surface area contributed by atoms with E-state index in [1.54, 1.807) is 6.92 Å². The van der Waals surface area contributed by atoms with Gasteiger partial charge >= 0.3 is 17.9 Å². The minimum absolute atomic E-state index is 0.129. The van der Waals surface area contributed by atoms with Gasteiger partial charge < -0.3 is 24.1 Å². The first-order valence-electron chi connectivity index (χ1n) is 12.2. The van der Waals surface area contributed by atoms with Crippen molar-refractivity contribution in [2.45, 2.75) is 97.7 Å². The molecule has 0 amide bonds. The number of aliphatic hydroxyl groups is 1. The molecule has 2 saturated carbocycles. The van der Waals surface area contributed by atoms with E-state index in [9.17, 15) is 24.3 Å². The third-order valence-electron chi connectivity index (χ3n) is 8.91. The molecule has 2 bridgehead atoms. The number of allylic oxidation sites excluding steroid dienone is 1. The summed E-state index contributed by atoms with van der Waals surface area (Å²) in [5, 5.41) is 11.1. The first-order chi connectivity index (χ1) is 16.2. The standard InChI is InChI=1S/C26H36O9/c1-12-17(30)10-16-20(33-13(2)27)22-25(7,9-8-18(31)26(22)11-32-26)23(35-15(4)29)21(34-14(3)28)19(12)24(16,5)6/h16,18,20-23,31H,8-11H2,1-7H3/t16-,18-,20+,21+,22-,23-,25+,26+/m0/s1. The molecule has 1 N–H and O–H groups in total. The average molecular weight is 493 g/mol. The van der Waals surface area contributed by atoms with E-state index in [1.165, 1.54) is 20.8 Å². The molecule has 9 nitrogen and oxygen atoms in total. The first kappa shape index (κ1) is 25.8. The van der Waals surface area contributed by atoms with Crippen molar-refractivity contribution in [2.24, 2.45) is 22.7 Å². The highest BCUT2D eigenvalue weighted by Crippen LogP contribution is 2.64. The summed E-state index contributed by atoms with van der Waals surface area (Å²) in [5.74, 6) is -2.87. The van der Waals surface area contributed by atoms with Crippen LogP contribution in [0.15, 0.2) is 11.1 Å². The first-order valence-corrected chi connectivity index (χ1v) is 12.2. The molecule has 8 atom stereocenters. The number of carbonyl (C=O) groups excluding carboxylic acids is 4. The molecular formula is C26H36O9. The average Bonchev–Trinajstić information content (AvgIpc) is 3.50. The molecule has 3 aliphatic carbocycles. The second-order valence-electron chi connectivity index (χ2n) is 11.4. The van der Waals surface area contributed by atoms with Crippen LogP contribution in [-0.4, -0.2) is 65.4 Å². The van der Waals surface area contributed by atoms with Gasteiger partial charge in [0.15, 0.2) is 11.9 Å². The Morgan fingerprint density at radius 3 is 2.09 bits per heavy atom. The lowest BCUT2D eigenvalue weighted by molar-refractivity contribution is -0.223. The molecule has 1 saturated heterocycles. The summed E-state index contributed by atoms with van der Waals surface area (Å²) in [4.78, 5) is 50.5. The molecule has 1 heterocycles. The van der Waals surface area contributed by atoms with Crippen molar-refractivity contribution >= 4 is 23.7 Å². The lowest BCUT2D eigenvalue weighted by atomic mass is 9.48. The van der Waals surface area contributed by atoms with Crippen LogP contribution in [0.1, 0.15) is 67.7 Å². The van der Waals surface area contributed by atoms with Crippen molar-refractivity contribution < 1.29 is 43.2 Å². The van der Waals surface area contributed by atoms with Crippen LogP contribution in [0.3, 0.4) is 0 Å². The van der Waals surface area contributed by atoms with E-state index in [0.29, 0.717) is 24.0 Å². The second-order valence-corrected chi connectivity index (χ2v) is 11.4. The Morgan fingerprint density at radius 1 is 1.00 bits per heavy atom. The number of hydrogen-bond acceptors (Lipinski definition) is 9. The number of hydrogen-bond donors (Lipinski definition) is 1.